The minimum atomic E-state index is -0.780. The van der Waals surface area contributed by atoms with Gasteiger partial charge in [-0.1, -0.05) is 217 Å². The summed E-state index contributed by atoms with van der Waals surface area (Å²) in [7, 11) is 0. The van der Waals surface area contributed by atoms with E-state index in [9.17, 15) is 14.4 Å². The fraction of sp³-hybridized carbons (Fsp3) is 0.788. The molecule has 0 heterocycles. The third kappa shape index (κ3) is 44.5. The molecule has 0 aliphatic heterocycles. The molecule has 6 nitrogen and oxygen atoms in total. The molecule has 0 radical (unpaired) electrons. The number of allylic oxidation sites excluding steroid dienone is 8. The molecule has 0 N–H and O–H groups in total. The number of carbonyl (C=O) groups is 3. The molecular weight excluding hydrogens is 721 g/mol. The van der Waals surface area contributed by atoms with Crippen LogP contribution in [0.25, 0.3) is 0 Å². The van der Waals surface area contributed by atoms with E-state index in [0.717, 1.165) is 89.9 Å². The minimum absolute atomic E-state index is 0.0801. The second-order valence-corrected chi connectivity index (χ2v) is 16.4. The predicted molar refractivity (Wildman–Crippen MR) is 247 cm³/mol. The van der Waals surface area contributed by atoms with Crippen molar-refractivity contribution in [2.45, 2.75) is 252 Å². The maximum Gasteiger partial charge on any atom is 0.306 e. The highest BCUT2D eigenvalue weighted by atomic mass is 16.6. The van der Waals surface area contributed by atoms with Crippen LogP contribution < -0.4 is 0 Å². The lowest BCUT2D eigenvalue weighted by Crippen LogP contribution is -2.30. The van der Waals surface area contributed by atoms with Crippen LogP contribution in [0.1, 0.15) is 245 Å². The molecule has 0 bridgehead atoms. The van der Waals surface area contributed by atoms with Crippen molar-refractivity contribution in [2.75, 3.05) is 13.2 Å². The van der Waals surface area contributed by atoms with Gasteiger partial charge < -0.3 is 14.2 Å². The smallest absolute Gasteiger partial charge is 0.306 e. The number of rotatable bonds is 44. The fourth-order valence-electron chi connectivity index (χ4n) is 6.90. The van der Waals surface area contributed by atoms with Gasteiger partial charge in [0, 0.05) is 19.3 Å². The number of ether oxygens (including phenoxy) is 3. The zero-order valence-corrected chi connectivity index (χ0v) is 38.3. The summed E-state index contributed by atoms with van der Waals surface area (Å²) in [4.78, 5) is 37.8. The molecule has 1 unspecified atom stereocenters. The summed E-state index contributed by atoms with van der Waals surface area (Å²) in [6, 6.07) is 0. The maximum absolute atomic E-state index is 12.8. The van der Waals surface area contributed by atoms with Crippen molar-refractivity contribution in [2.24, 2.45) is 0 Å². The molecule has 0 saturated heterocycles. The molecular formula is C52H92O6. The Labute approximate surface area is 358 Å². The van der Waals surface area contributed by atoms with E-state index in [0.29, 0.717) is 19.3 Å². The van der Waals surface area contributed by atoms with E-state index in [1.54, 1.807) is 0 Å². The van der Waals surface area contributed by atoms with Crippen molar-refractivity contribution in [1.82, 2.24) is 0 Å². The van der Waals surface area contributed by atoms with E-state index in [1.807, 2.05) is 0 Å². The summed E-state index contributed by atoms with van der Waals surface area (Å²) in [5, 5.41) is 0. The molecule has 0 spiro atoms. The van der Waals surface area contributed by atoms with Crippen LogP contribution in [0.3, 0.4) is 0 Å². The highest BCUT2D eigenvalue weighted by Crippen LogP contribution is 2.15. The molecule has 0 aliphatic carbocycles. The molecule has 0 aliphatic rings. The molecule has 0 fully saturated rings. The fourth-order valence-corrected chi connectivity index (χ4v) is 6.90. The van der Waals surface area contributed by atoms with E-state index in [2.05, 4.69) is 69.4 Å². The minimum Gasteiger partial charge on any atom is -0.462 e. The summed E-state index contributed by atoms with van der Waals surface area (Å²) in [5.74, 6) is -0.908. The van der Waals surface area contributed by atoms with Gasteiger partial charge in [-0.25, -0.2) is 0 Å². The third-order valence-electron chi connectivity index (χ3n) is 10.6. The molecule has 0 aromatic carbocycles. The lowest BCUT2D eigenvalue weighted by molar-refractivity contribution is -0.167. The van der Waals surface area contributed by atoms with Gasteiger partial charge >= 0.3 is 17.9 Å². The third-order valence-corrected chi connectivity index (χ3v) is 10.6. The molecule has 0 amide bonds. The number of hydrogen-bond acceptors (Lipinski definition) is 6. The molecule has 0 saturated carbocycles. The molecule has 0 rings (SSSR count). The molecule has 1 atom stereocenters. The Balaban J connectivity index is 4.39. The Morgan fingerprint density at radius 1 is 0.362 bits per heavy atom. The number of carbonyl (C=O) groups excluding carboxylic acids is 3. The van der Waals surface area contributed by atoms with Gasteiger partial charge in [-0.05, 0) is 57.8 Å². The first-order chi connectivity index (χ1) is 28.5. The first kappa shape index (κ1) is 55.4. The molecule has 58 heavy (non-hydrogen) atoms. The van der Waals surface area contributed by atoms with Crippen LogP contribution in [-0.2, 0) is 28.6 Å². The van der Waals surface area contributed by atoms with Crippen LogP contribution in [0.4, 0.5) is 0 Å². The summed E-state index contributed by atoms with van der Waals surface area (Å²) in [6.07, 6.45) is 55.2. The lowest BCUT2D eigenvalue weighted by Gasteiger charge is -2.18. The predicted octanol–water partition coefficient (Wildman–Crippen LogP) is 15.9. The average Bonchev–Trinajstić information content (AvgIpc) is 3.22. The van der Waals surface area contributed by atoms with E-state index >= 15 is 0 Å². The second kappa shape index (κ2) is 47.1. The van der Waals surface area contributed by atoms with E-state index < -0.39 is 6.10 Å². The van der Waals surface area contributed by atoms with Crippen molar-refractivity contribution in [3.8, 4) is 0 Å². The zero-order valence-electron chi connectivity index (χ0n) is 38.3. The van der Waals surface area contributed by atoms with Gasteiger partial charge in [0.05, 0.1) is 0 Å². The van der Waals surface area contributed by atoms with Crippen molar-refractivity contribution in [3.63, 3.8) is 0 Å². The van der Waals surface area contributed by atoms with Gasteiger partial charge in [0.1, 0.15) is 13.2 Å². The summed E-state index contributed by atoms with van der Waals surface area (Å²) in [6.45, 7) is 6.49. The second-order valence-electron chi connectivity index (χ2n) is 16.4. The summed E-state index contributed by atoms with van der Waals surface area (Å²) < 4.78 is 16.7. The first-order valence-electron chi connectivity index (χ1n) is 24.6. The van der Waals surface area contributed by atoms with E-state index in [-0.39, 0.29) is 31.1 Å². The first-order valence-corrected chi connectivity index (χ1v) is 24.6. The maximum atomic E-state index is 12.8. The van der Waals surface area contributed by atoms with Crippen molar-refractivity contribution >= 4 is 17.9 Å². The zero-order chi connectivity index (χ0) is 42.3. The Morgan fingerprint density at radius 2 is 0.672 bits per heavy atom. The lowest BCUT2D eigenvalue weighted by atomic mass is 10.0. The van der Waals surface area contributed by atoms with Crippen molar-refractivity contribution in [1.29, 1.82) is 0 Å². The molecule has 6 heteroatoms. The Morgan fingerprint density at radius 3 is 1.05 bits per heavy atom. The number of hydrogen-bond donors (Lipinski definition) is 0. The van der Waals surface area contributed by atoms with E-state index in [1.165, 1.54) is 116 Å². The summed E-state index contributed by atoms with van der Waals surface area (Å²) >= 11 is 0. The van der Waals surface area contributed by atoms with Crippen LogP contribution >= 0.6 is 0 Å². The monoisotopic (exact) mass is 813 g/mol. The largest absolute Gasteiger partial charge is 0.462 e. The van der Waals surface area contributed by atoms with Crippen LogP contribution in [0.5, 0.6) is 0 Å². The van der Waals surface area contributed by atoms with Crippen LogP contribution in [0.2, 0.25) is 0 Å². The van der Waals surface area contributed by atoms with Crippen LogP contribution in [0, 0.1) is 0 Å². The van der Waals surface area contributed by atoms with Crippen LogP contribution in [0.15, 0.2) is 48.6 Å². The van der Waals surface area contributed by atoms with Gasteiger partial charge in [-0.15, -0.1) is 0 Å². The quantitative estimate of drug-likeness (QED) is 0.0264. The van der Waals surface area contributed by atoms with Gasteiger partial charge in [-0.2, -0.15) is 0 Å². The SMILES string of the molecule is CC/C=C\C/C=C\C/C=C\C/C=C\CCCCCC(=O)OCC(COC(=O)CCCCCCCCCCCC)OC(=O)CCCCCCCCCCCCCCCC. The van der Waals surface area contributed by atoms with Crippen molar-refractivity contribution in [3.05, 3.63) is 48.6 Å². The van der Waals surface area contributed by atoms with Gasteiger partial charge in [0.15, 0.2) is 6.10 Å². The van der Waals surface area contributed by atoms with Gasteiger partial charge in [0.25, 0.3) is 0 Å². The van der Waals surface area contributed by atoms with Gasteiger partial charge in [0.2, 0.25) is 0 Å². The molecule has 0 aromatic rings. The highest BCUT2D eigenvalue weighted by Gasteiger charge is 2.19. The van der Waals surface area contributed by atoms with Crippen molar-refractivity contribution < 1.29 is 28.6 Å². The Kier molecular flexibility index (Phi) is 44.9. The topological polar surface area (TPSA) is 78.9 Å². The molecule has 336 valence electrons. The van der Waals surface area contributed by atoms with Gasteiger partial charge in [-0.3, -0.25) is 14.4 Å². The Bertz CT molecular complexity index is 1030. The summed E-state index contributed by atoms with van der Waals surface area (Å²) in [5.41, 5.74) is 0. The number of esters is 3. The standard InChI is InChI=1S/C52H92O6/c1-4-7-10-13-16-19-22-24-26-27-29-30-33-36-39-42-45-51(54)57-48-49(47-56-50(53)44-41-38-35-32-21-18-15-12-9-6-3)58-52(55)46-43-40-37-34-31-28-25-23-20-17-14-11-8-5-2/h7,10,16,19,24,26,29-30,49H,4-6,8-9,11-15,17-18,20-23,25,27-28,31-48H2,1-3H3/b10-7-,19-16-,26-24-,30-29-. The molecule has 0 aromatic heterocycles. The Hall–Kier alpha value is -2.63. The average molecular weight is 813 g/mol. The van der Waals surface area contributed by atoms with Crippen LogP contribution in [-0.4, -0.2) is 37.2 Å². The normalized spacial score (nSPS) is 12.4. The van der Waals surface area contributed by atoms with E-state index in [4.69, 9.17) is 14.2 Å². The highest BCUT2D eigenvalue weighted by molar-refractivity contribution is 5.71. The number of unbranched alkanes of at least 4 members (excludes halogenated alkanes) is 25.